The molecule has 3 heterocycles. The third-order valence-corrected chi connectivity index (χ3v) is 4.08. The van der Waals surface area contributed by atoms with Crippen LogP contribution in [0, 0.1) is 5.41 Å². The molecule has 1 N–H and O–H groups in total. The van der Waals surface area contributed by atoms with E-state index in [0.29, 0.717) is 12.0 Å². The third kappa shape index (κ3) is 3.19. The van der Waals surface area contributed by atoms with Crippen LogP contribution < -0.4 is 0 Å². The Kier molecular flexibility index (Phi) is 4.04. The summed E-state index contributed by atoms with van der Waals surface area (Å²) in [5, 5.41) is 12.9. The van der Waals surface area contributed by atoms with Gasteiger partial charge in [0.2, 0.25) is 0 Å². The molecule has 1 aromatic heterocycles. The van der Waals surface area contributed by atoms with Gasteiger partial charge in [0.1, 0.15) is 5.82 Å². The number of hydrogen-bond acceptors (Lipinski definition) is 5. The van der Waals surface area contributed by atoms with Crippen molar-refractivity contribution in [1.82, 2.24) is 14.7 Å². The van der Waals surface area contributed by atoms with Crippen molar-refractivity contribution >= 4 is 12.2 Å². The van der Waals surface area contributed by atoms with Crippen LogP contribution in [0.15, 0.2) is 41.4 Å². The zero-order chi connectivity index (χ0) is 16.4. The van der Waals surface area contributed by atoms with Crippen molar-refractivity contribution in [1.29, 1.82) is 0 Å². The molecule has 0 unspecified atom stereocenters. The lowest BCUT2D eigenvalue weighted by molar-refractivity contribution is -0.180. The average Bonchev–Trinajstić information content (AvgIpc) is 2.87. The topological polar surface area (TPSA) is 80.0 Å². The average molecular weight is 316 g/mol. The highest BCUT2D eigenvalue weighted by Gasteiger charge is 2.49. The number of aliphatic imine (C=N–C) groups is 1. The number of allylic oxidation sites excluding steroid dienone is 2. The van der Waals surface area contributed by atoms with Crippen LogP contribution >= 0.6 is 0 Å². The lowest BCUT2D eigenvalue weighted by Gasteiger charge is -2.55. The molecule has 2 saturated heterocycles. The molecule has 0 bridgehead atoms. The summed E-state index contributed by atoms with van der Waals surface area (Å²) < 4.78 is 6.81. The highest BCUT2D eigenvalue weighted by Crippen LogP contribution is 2.39. The molecule has 1 aromatic rings. The fourth-order valence-corrected chi connectivity index (χ4v) is 2.80. The number of ether oxygens (including phenoxy) is 1. The smallest absolute Gasteiger partial charge is 0.338 e. The van der Waals surface area contributed by atoms with E-state index in [2.05, 4.69) is 21.6 Å². The quantitative estimate of drug-likeness (QED) is 0.803. The number of likely N-dealkylation sites (tertiary alicyclic amines) is 1. The van der Waals surface area contributed by atoms with E-state index in [9.17, 15) is 4.79 Å². The van der Waals surface area contributed by atoms with E-state index in [1.54, 1.807) is 6.21 Å². The monoisotopic (exact) mass is 316 g/mol. The zero-order valence-corrected chi connectivity index (χ0v) is 13.1. The second kappa shape index (κ2) is 6.00. The molecule has 7 nitrogen and oxygen atoms in total. The Morgan fingerprint density at radius 2 is 2.30 bits per heavy atom. The van der Waals surface area contributed by atoms with E-state index in [1.165, 1.54) is 17.1 Å². The van der Waals surface area contributed by atoms with Gasteiger partial charge < -0.3 is 14.7 Å². The lowest BCUT2D eigenvalue weighted by Crippen LogP contribution is -2.65. The molecule has 2 fully saturated rings. The van der Waals surface area contributed by atoms with E-state index in [4.69, 9.17) is 9.84 Å². The van der Waals surface area contributed by atoms with Crippen LogP contribution in [0.25, 0.3) is 0 Å². The Hall–Kier alpha value is -2.41. The van der Waals surface area contributed by atoms with Gasteiger partial charge in [-0.2, -0.15) is 5.10 Å². The highest BCUT2D eigenvalue weighted by molar-refractivity contribution is 5.86. The molecule has 3 rings (SSSR count). The molecule has 2 aliphatic rings. The minimum absolute atomic E-state index is 0.164. The van der Waals surface area contributed by atoms with Crippen molar-refractivity contribution in [3.63, 3.8) is 0 Å². The van der Waals surface area contributed by atoms with Crippen LogP contribution in [-0.4, -0.2) is 58.3 Å². The minimum Gasteiger partial charge on any atom is -0.478 e. The van der Waals surface area contributed by atoms with E-state index in [1.807, 2.05) is 13.0 Å². The highest BCUT2D eigenvalue weighted by atomic mass is 16.5. The minimum atomic E-state index is -0.988. The van der Waals surface area contributed by atoms with E-state index >= 15 is 0 Å². The number of nitrogens with zero attached hydrogens (tertiary/aromatic N) is 4. The second-order valence-corrected chi connectivity index (χ2v) is 6.14. The maximum atomic E-state index is 10.8. The molecule has 0 aliphatic carbocycles. The molecule has 1 spiro atoms. The largest absolute Gasteiger partial charge is 0.478 e. The van der Waals surface area contributed by atoms with Crippen LogP contribution in [0.4, 0.5) is 0 Å². The molecule has 23 heavy (non-hydrogen) atoms. The van der Waals surface area contributed by atoms with E-state index < -0.39 is 5.97 Å². The van der Waals surface area contributed by atoms with Gasteiger partial charge in [0.15, 0.2) is 0 Å². The summed E-state index contributed by atoms with van der Waals surface area (Å²) >= 11 is 0. The van der Waals surface area contributed by atoms with Gasteiger partial charge in [-0.25, -0.2) is 9.79 Å². The Labute approximate surface area is 134 Å². The maximum Gasteiger partial charge on any atom is 0.338 e. The Morgan fingerprint density at radius 1 is 1.57 bits per heavy atom. The second-order valence-electron chi connectivity index (χ2n) is 6.14. The maximum absolute atomic E-state index is 10.8. The van der Waals surface area contributed by atoms with Crippen molar-refractivity contribution in [3.8, 4) is 0 Å². The van der Waals surface area contributed by atoms with Gasteiger partial charge in [0, 0.05) is 25.5 Å². The number of carboxylic acids is 1. The van der Waals surface area contributed by atoms with Crippen molar-refractivity contribution in [2.24, 2.45) is 10.4 Å². The summed E-state index contributed by atoms with van der Waals surface area (Å²) in [7, 11) is 0. The molecule has 0 atom stereocenters. The summed E-state index contributed by atoms with van der Waals surface area (Å²) in [5.74, 6) is -0.0613. The standard InChI is InChI=1S/C16H20N4O3/c1-3-14(19-8-16(9-19)10-23-11-16)17-4-12(2)6-20-7-13(5-18-20)15(21)22/h3-5,7H,2,6,8-11H2,1H3,(H,21,22)/b14-3+,17-4?. The molecular formula is C16H20N4O3. The first-order valence-corrected chi connectivity index (χ1v) is 7.48. The van der Waals surface area contributed by atoms with Gasteiger partial charge in [-0.1, -0.05) is 6.58 Å². The molecule has 0 amide bonds. The summed E-state index contributed by atoms with van der Waals surface area (Å²) in [6.45, 7) is 9.98. The molecule has 0 radical (unpaired) electrons. The van der Waals surface area contributed by atoms with Gasteiger partial charge >= 0.3 is 5.97 Å². The summed E-state index contributed by atoms with van der Waals surface area (Å²) in [4.78, 5) is 17.5. The normalized spacial score (nSPS) is 19.7. The predicted octanol–water partition coefficient (Wildman–Crippen LogP) is 1.40. The number of hydrogen-bond donors (Lipinski definition) is 1. The number of rotatable bonds is 6. The first kappa shape index (κ1) is 15.5. The third-order valence-electron chi connectivity index (χ3n) is 4.08. The fraction of sp³-hybridized carbons (Fsp3) is 0.438. The SMILES string of the molecule is C=C(C=N/C(=C\C)N1CC2(COC2)C1)Cn1cc(C(=O)O)cn1. The first-order valence-electron chi connectivity index (χ1n) is 7.48. The molecule has 7 heteroatoms. The van der Waals surface area contributed by atoms with Crippen LogP contribution in [0.3, 0.4) is 0 Å². The number of aromatic carboxylic acids is 1. The predicted molar refractivity (Wildman–Crippen MR) is 85.4 cm³/mol. The van der Waals surface area contributed by atoms with E-state index in [0.717, 1.165) is 37.7 Å². The summed E-state index contributed by atoms with van der Waals surface area (Å²) in [5.41, 5.74) is 1.27. The Bertz CT molecular complexity index is 677. The Balaban J connectivity index is 1.53. The fourth-order valence-electron chi connectivity index (χ4n) is 2.80. The van der Waals surface area contributed by atoms with Crippen LogP contribution in [0.2, 0.25) is 0 Å². The van der Waals surface area contributed by atoms with Gasteiger partial charge in [-0.3, -0.25) is 4.68 Å². The zero-order valence-electron chi connectivity index (χ0n) is 13.1. The lowest BCUT2D eigenvalue weighted by atomic mass is 9.78. The van der Waals surface area contributed by atoms with Gasteiger partial charge in [0.25, 0.3) is 0 Å². The molecule has 0 saturated carbocycles. The van der Waals surface area contributed by atoms with Crippen LogP contribution in [-0.2, 0) is 11.3 Å². The molecular weight excluding hydrogens is 296 g/mol. The molecule has 122 valence electrons. The molecule has 2 aliphatic heterocycles. The van der Waals surface area contributed by atoms with Gasteiger partial charge in [-0.15, -0.1) is 0 Å². The van der Waals surface area contributed by atoms with Crippen LogP contribution in [0.1, 0.15) is 17.3 Å². The first-order chi connectivity index (χ1) is 11.0. The van der Waals surface area contributed by atoms with Gasteiger partial charge in [0.05, 0.1) is 36.9 Å². The van der Waals surface area contributed by atoms with Crippen molar-refractivity contribution in [3.05, 3.63) is 42.0 Å². The number of carbonyl (C=O) groups is 1. The summed E-state index contributed by atoms with van der Waals surface area (Å²) in [6.07, 6.45) is 6.49. The number of aromatic nitrogens is 2. The van der Waals surface area contributed by atoms with Crippen molar-refractivity contribution < 1.29 is 14.6 Å². The summed E-state index contributed by atoms with van der Waals surface area (Å²) in [6, 6.07) is 0. The molecule has 0 aromatic carbocycles. The van der Waals surface area contributed by atoms with Crippen LogP contribution in [0.5, 0.6) is 0 Å². The Morgan fingerprint density at radius 3 is 2.83 bits per heavy atom. The number of carboxylic acid groups (broad SMARTS) is 1. The van der Waals surface area contributed by atoms with Crippen molar-refractivity contribution in [2.75, 3.05) is 26.3 Å². The van der Waals surface area contributed by atoms with Crippen molar-refractivity contribution in [2.45, 2.75) is 13.5 Å². The van der Waals surface area contributed by atoms with E-state index in [-0.39, 0.29) is 5.56 Å². The van der Waals surface area contributed by atoms with Gasteiger partial charge in [-0.05, 0) is 18.6 Å².